The fourth-order valence-electron chi connectivity index (χ4n) is 4.25. The lowest BCUT2D eigenvalue weighted by Gasteiger charge is -2.35. The van der Waals surface area contributed by atoms with E-state index in [0.717, 1.165) is 17.1 Å². The number of anilines is 2. The average Bonchev–Trinajstić information content (AvgIpc) is 3.50. The molecule has 1 N–H and O–H groups in total. The molecule has 12 heteroatoms. The maximum Gasteiger partial charge on any atom is 0.322 e. The first kappa shape index (κ1) is 21.4. The zero-order valence-corrected chi connectivity index (χ0v) is 18.3. The van der Waals surface area contributed by atoms with Crippen molar-refractivity contribution in [1.29, 1.82) is 0 Å². The minimum Gasteiger partial charge on any atom is -0.314 e. The van der Waals surface area contributed by atoms with Crippen LogP contribution in [0.2, 0.25) is 0 Å². The van der Waals surface area contributed by atoms with Crippen LogP contribution in [0.1, 0.15) is 30.0 Å². The third-order valence-corrected chi connectivity index (χ3v) is 6.87. The van der Waals surface area contributed by atoms with E-state index < -0.39 is 23.5 Å². The van der Waals surface area contributed by atoms with Gasteiger partial charge in [0, 0.05) is 48.3 Å². The Labute approximate surface area is 190 Å². The number of rotatable bonds is 3. The van der Waals surface area contributed by atoms with Crippen LogP contribution in [-0.2, 0) is 17.9 Å². The van der Waals surface area contributed by atoms with Crippen LogP contribution in [0.25, 0.3) is 0 Å². The maximum atomic E-state index is 13.5. The molecule has 5 rings (SSSR count). The van der Waals surface area contributed by atoms with Crippen molar-refractivity contribution in [3.05, 3.63) is 58.1 Å². The van der Waals surface area contributed by atoms with E-state index >= 15 is 0 Å². The Hall–Kier alpha value is -3.41. The SMILES string of the molecule is C[C@H]1Cn2ncc(N3CC(c4nccs4)CC3=O)c2CN1C(=O)Nc1cc(F)c(F)c(F)c1. The van der Waals surface area contributed by atoms with Gasteiger partial charge in [-0.25, -0.2) is 22.9 Å². The Balaban J connectivity index is 1.36. The first-order chi connectivity index (χ1) is 15.8. The molecule has 172 valence electrons. The summed E-state index contributed by atoms with van der Waals surface area (Å²) >= 11 is 1.51. The molecule has 2 aliphatic heterocycles. The summed E-state index contributed by atoms with van der Waals surface area (Å²) in [6, 6.07) is 0.572. The minimum atomic E-state index is -1.60. The van der Waals surface area contributed by atoms with Crippen LogP contribution >= 0.6 is 11.3 Å². The monoisotopic (exact) mass is 476 g/mol. The maximum absolute atomic E-state index is 13.5. The van der Waals surface area contributed by atoms with Crippen molar-refractivity contribution in [2.75, 3.05) is 16.8 Å². The van der Waals surface area contributed by atoms with Crippen molar-refractivity contribution < 1.29 is 22.8 Å². The van der Waals surface area contributed by atoms with E-state index in [-0.39, 0.29) is 30.1 Å². The second-order valence-corrected chi connectivity index (χ2v) is 9.02. The second kappa shape index (κ2) is 8.18. The number of urea groups is 1. The van der Waals surface area contributed by atoms with Gasteiger partial charge in [-0.3, -0.25) is 9.48 Å². The quantitative estimate of drug-likeness (QED) is 0.585. The number of hydrogen-bond acceptors (Lipinski definition) is 5. The first-order valence-electron chi connectivity index (χ1n) is 10.3. The molecule has 1 fully saturated rings. The summed E-state index contributed by atoms with van der Waals surface area (Å²) < 4.78 is 42.0. The molecule has 0 radical (unpaired) electrons. The van der Waals surface area contributed by atoms with Crippen LogP contribution in [0.15, 0.2) is 29.9 Å². The van der Waals surface area contributed by atoms with E-state index in [4.69, 9.17) is 0 Å². The molecular weight excluding hydrogens is 457 g/mol. The molecule has 33 heavy (non-hydrogen) atoms. The summed E-state index contributed by atoms with van der Waals surface area (Å²) in [6.45, 7) is 2.81. The molecule has 3 amide bonds. The van der Waals surface area contributed by atoms with E-state index in [0.29, 0.717) is 30.9 Å². The third kappa shape index (κ3) is 3.84. The lowest BCUT2D eigenvalue weighted by molar-refractivity contribution is -0.117. The highest BCUT2D eigenvalue weighted by atomic mass is 32.1. The molecule has 2 atom stereocenters. The van der Waals surface area contributed by atoms with Crippen LogP contribution in [0, 0.1) is 17.5 Å². The molecule has 0 aliphatic carbocycles. The molecule has 1 unspecified atom stereocenters. The number of carbonyl (C=O) groups excluding carboxylic acids is 2. The standard InChI is InChI=1S/C21H19F3N6O2S/c1-11-8-30-17(10-28(11)21(32)27-13-5-14(22)19(24)15(23)6-13)16(7-26-30)29-9-12(4-18(29)31)20-25-2-3-33-20/h2-3,5-7,11-12H,4,8-10H2,1H3,(H,27,32)/t11-,12?/m0/s1. The van der Waals surface area contributed by atoms with Gasteiger partial charge in [-0.1, -0.05) is 0 Å². The van der Waals surface area contributed by atoms with E-state index in [1.165, 1.54) is 16.2 Å². The molecular formula is C21H19F3N6O2S. The van der Waals surface area contributed by atoms with Gasteiger partial charge < -0.3 is 15.1 Å². The number of halogens is 3. The second-order valence-electron chi connectivity index (χ2n) is 8.10. The number of thiazole rings is 1. The number of nitrogens with one attached hydrogen (secondary N) is 1. The van der Waals surface area contributed by atoms with Crippen molar-refractivity contribution in [2.24, 2.45) is 0 Å². The van der Waals surface area contributed by atoms with E-state index in [9.17, 15) is 22.8 Å². The predicted molar refractivity (Wildman–Crippen MR) is 114 cm³/mol. The number of fused-ring (bicyclic) bond motifs is 1. The number of amides is 3. The van der Waals surface area contributed by atoms with Gasteiger partial charge in [0.15, 0.2) is 17.5 Å². The predicted octanol–water partition coefficient (Wildman–Crippen LogP) is 3.71. The Morgan fingerprint density at radius 3 is 2.67 bits per heavy atom. The zero-order chi connectivity index (χ0) is 23.3. The Morgan fingerprint density at radius 2 is 1.97 bits per heavy atom. The van der Waals surface area contributed by atoms with Gasteiger partial charge in [-0.05, 0) is 6.92 Å². The van der Waals surface area contributed by atoms with Crippen molar-refractivity contribution in [3.63, 3.8) is 0 Å². The first-order valence-corrected chi connectivity index (χ1v) is 11.2. The number of nitrogens with zero attached hydrogens (tertiary/aromatic N) is 5. The molecule has 1 aromatic carbocycles. The molecule has 2 aliphatic rings. The molecule has 4 heterocycles. The van der Waals surface area contributed by atoms with E-state index in [1.54, 1.807) is 22.0 Å². The number of hydrogen-bond donors (Lipinski definition) is 1. The van der Waals surface area contributed by atoms with Crippen molar-refractivity contribution in [3.8, 4) is 0 Å². The average molecular weight is 476 g/mol. The van der Waals surface area contributed by atoms with Crippen molar-refractivity contribution in [1.82, 2.24) is 19.7 Å². The number of benzene rings is 1. The van der Waals surface area contributed by atoms with Gasteiger partial charge in [0.2, 0.25) is 5.91 Å². The van der Waals surface area contributed by atoms with Gasteiger partial charge in [-0.2, -0.15) is 5.10 Å². The van der Waals surface area contributed by atoms with Gasteiger partial charge in [-0.15, -0.1) is 11.3 Å². The summed E-state index contributed by atoms with van der Waals surface area (Å²) in [4.78, 5) is 33.1. The summed E-state index contributed by atoms with van der Waals surface area (Å²) in [5.74, 6) is -4.42. The van der Waals surface area contributed by atoms with E-state index in [1.807, 2.05) is 12.3 Å². The third-order valence-electron chi connectivity index (χ3n) is 5.93. The molecule has 3 aromatic rings. The van der Waals surface area contributed by atoms with Gasteiger partial charge in [0.1, 0.15) is 0 Å². The van der Waals surface area contributed by atoms with Crippen LogP contribution in [0.3, 0.4) is 0 Å². The highest BCUT2D eigenvalue weighted by Gasteiger charge is 2.37. The lowest BCUT2D eigenvalue weighted by Crippen LogP contribution is -2.47. The highest BCUT2D eigenvalue weighted by molar-refractivity contribution is 7.09. The fraction of sp³-hybridized carbons (Fsp3) is 0.333. The van der Waals surface area contributed by atoms with Gasteiger partial charge in [0.25, 0.3) is 0 Å². The minimum absolute atomic E-state index is 0.00163. The van der Waals surface area contributed by atoms with Crippen LogP contribution in [0.4, 0.5) is 29.3 Å². The van der Waals surface area contributed by atoms with Crippen molar-refractivity contribution >= 4 is 34.6 Å². The number of aromatic nitrogens is 3. The summed E-state index contributed by atoms with van der Waals surface area (Å²) in [5.41, 5.74) is 1.12. The molecule has 8 nitrogen and oxygen atoms in total. The molecule has 1 saturated heterocycles. The summed E-state index contributed by atoms with van der Waals surface area (Å²) in [7, 11) is 0. The van der Waals surface area contributed by atoms with Crippen LogP contribution in [-0.4, -0.2) is 44.2 Å². The van der Waals surface area contributed by atoms with Gasteiger partial charge >= 0.3 is 6.03 Å². The lowest BCUT2D eigenvalue weighted by atomic mass is 10.1. The van der Waals surface area contributed by atoms with Crippen molar-refractivity contribution in [2.45, 2.75) is 38.4 Å². The number of carbonyl (C=O) groups is 2. The highest BCUT2D eigenvalue weighted by Crippen LogP contribution is 2.36. The van der Waals surface area contributed by atoms with Gasteiger partial charge in [0.05, 0.1) is 41.7 Å². The van der Waals surface area contributed by atoms with Crippen LogP contribution in [0.5, 0.6) is 0 Å². The fourth-order valence-corrected chi connectivity index (χ4v) is 4.98. The van der Waals surface area contributed by atoms with E-state index in [2.05, 4.69) is 15.4 Å². The molecule has 0 saturated carbocycles. The normalized spacial score (nSPS) is 20.3. The topological polar surface area (TPSA) is 83.4 Å². The van der Waals surface area contributed by atoms with Crippen LogP contribution < -0.4 is 10.2 Å². The molecule has 0 spiro atoms. The largest absolute Gasteiger partial charge is 0.322 e. The smallest absolute Gasteiger partial charge is 0.314 e. The summed E-state index contributed by atoms with van der Waals surface area (Å²) in [6.07, 6.45) is 3.68. The Bertz CT molecular complexity index is 1210. The zero-order valence-electron chi connectivity index (χ0n) is 17.5. The Kier molecular flexibility index (Phi) is 5.31. The summed E-state index contributed by atoms with van der Waals surface area (Å²) in [5, 5.41) is 9.59. The molecule has 0 bridgehead atoms. The Morgan fingerprint density at radius 1 is 1.21 bits per heavy atom. The molecule has 2 aromatic heterocycles.